The molecule has 19 heavy (non-hydrogen) atoms. The van der Waals surface area contributed by atoms with Crippen molar-refractivity contribution in [3.63, 3.8) is 0 Å². The summed E-state index contributed by atoms with van der Waals surface area (Å²) in [6.07, 6.45) is 2.18. The Kier molecular flexibility index (Phi) is 4.91. The van der Waals surface area contributed by atoms with Crippen LogP contribution in [0.4, 0.5) is 0 Å². The molecule has 0 atom stereocenters. The number of rotatable bonds is 2. The maximum atomic E-state index is 12.5. The van der Waals surface area contributed by atoms with Crippen molar-refractivity contribution in [1.29, 1.82) is 0 Å². The summed E-state index contributed by atoms with van der Waals surface area (Å²) < 4.78 is 0.775. The first-order valence-electron chi connectivity index (χ1n) is 6.74. The fourth-order valence-electron chi connectivity index (χ4n) is 2.61. The minimum absolute atomic E-state index is 0.0495. The molecule has 0 spiro atoms. The van der Waals surface area contributed by atoms with Gasteiger partial charge in [-0.1, -0.05) is 31.5 Å². The molecule has 1 saturated heterocycles. The smallest absolute Gasteiger partial charge is 0.255 e. The van der Waals surface area contributed by atoms with Gasteiger partial charge in [0.1, 0.15) is 0 Å². The molecule has 2 nitrogen and oxygen atoms in total. The lowest BCUT2D eigenvalue weighted by Gasteiger charge is -2.34. The summed E-state index contributed by atoms with van der Waals surface area (Å²) in [6.45, 7) is 6.19. The van der Waals surface area contributed by atoms with Crippen molar-refractivity contribution in [3.8, 4) is 0 Å². The van der Waals surface area contributed by atoms with Gasteiger partial charge in [-0.25, -0.2) is 0 Å². The van der Waals surface area contributed by atoms with Crippen LogP contribution in [0.15, 0.2) is 22.7 Å². The quantitative estimate of drug-likeness (QED) is 0.767. The molecule has 1 aromatic carbocycles. The molecule has 0 N–H and O–H groups in total. The molecule has 2 rings (SSSR count). The van der Waals surface area contributed by atoms with Crippen LogP contribution < -0.4 is 0 Å². The fourth-order valence-corrected chi connectivity index (χ4v) is 3.18. The number of amides is 1. The van der Waals surface area contributed by atoms with Gasteiger partial charge in [0.25, 0.3) is 5.91 Å². The molecule has 4 heteroatoms. The first kappa shape index (κ1) is 14.9. The van der Waals surface area contributed by atoms with E-state index >= 15 is 0 Å². The molecule has 1 aromatic rings. The molecular formula is C15H19BrClNO. The van der Waals surface area contributed by atoms with Crippen molar-refractivity contribution >= 4 is 33.4 Å². The maximum Gasteiger partial charge on any atom is 0.255 e. The third-order valence-electron chi connectivity index (χ3n) is 3.95. The van der Waals surface area contributed by atoms with Crippen molar-refractivity contribution in [2.45, 2.75) is 26.7 Å². The highest BCUT2D eigenvalue weighted by molar-refractivity contribution is 9.10. The second-order valence-electron chi connectivity index (χ2n) is 5.48. The van der Waals surface area contributed by atoms with Gasteiger partial charge in [-0.2, -0.15) is 0 Å². The Labute approximate surface area is 128 Å². The molecule has 1 aliphatic heterocycles. The summed E-state index contributed by atoms with van der Waals surface area (Å²) in [6, 6.07) is 5.50. The molecule has 1 amide bonds. The average Bonchev–Trinajstić information content (AvgIpc) is 2.41. The zero-order valence-electron chi connectivity index (χ0n) is 11.3. The Morgan fingerprint density at radius 1 is 1.37 bits per heavy atom. The Balaban J connectivity index is 2.07. The highest BCUT2D eigenvalue weighted by atomic mass is 79.9. The summed E-state index contributed by atoms with van der Waals surface area (Å²) in [5.74, 6) is 1.49. The number of carbonyl (C=O) groups excluding carboxylic acids is 1. The largest absolute Gasteiger partial charge is 0.339 e. The van der Waals surface area contributed by atoms with Crippen molar-refractivity contribution in [3.05, 3.63) is 33.3 Å². The lowest BCUT2D eigenvalue weighted by Crippen LogP contribution is -2.39. The number of hydrogen-bond acceptors (Lipinski definition) is 1. The predicted molar refractivity (Wildman–Crippen MR) is 82.6 cm³/mol. The molecular weight excluding hydrogens is 326 g/mol. The molecule has 1 fully saturated rings. The van der Waals surface area contributed by atoms with E-state index in [-0.39, 0.29) is 5.91 Å². The Hall–Kier alpha value is -0.540. The van der Waals surface area contributed by atoms with Crippen molar-refractivity contribution < 1.29 is 4.79 Å². The van der Waals surface area contributed by atoms with Gasteiger partial charge in [-0.15, -0.1) is 0 Å². The number of carbonyl (C=O) groups is 1. The summed E-state index contributed by atoms with van der Waals surface area (Å²) >= 11 is 9.56. The Morgan fingerprint density at radius 2 is 2.00 bits per heavy atom. The zero-order chi connectivity index (χ0) is 14.0. The summed E-state index contributed by atoms with van der Waals surface area (Å²) in [7, 11) is 0. The van der Waals surface area contributed by atoms with Gasteiger partial charge in [-0.3, -0.25) is 4.79 Å². The third kappa shape index (κ3) is 3.32. The molecule has 0 aliphatic carbocycles. The Bertz CT molecular complexity index is 467. The topological polar surface area (TPSA) is 20.3 Å². The van der Waals surface area contributed by atoms with Gasteiger partial charge >= 0.3 is 0 Å². The van der Waals surface area contributed by atoms with Crippen LogP contribution in [0.2, 0.25) is 5.02 Å². The summed E-state index contributed by atoms with van der Waals surface area (Å²) in [4.78, 5) is 14.4. The first-order valence-corrected chi connectivity index (χ1v) is 7.91. The van der Waals surface area contributed by atoms with Crippen LogP contribution in [-0.4, -0.2) is 23.9 Å². The van der Waals surface area contributed by atoms with Gasteiger partial charge < -0.3 is 4.90 Å². The molecule has 0 aromatic heterocycles. The maximum absolute atomic E-state index is 12.5. The van der Waals surface area contributed by atoms with Gasteiger partial charge in [0.2, 0.25) is 0 Å². The number of halogens is 2. The molecule has 1 aliphatic rings. The highest BCUT2D eigenvalue weighted by Crippen LogP contribution is 2.29. The van der Waals surface area contributed by atoms with Crippen LogP contribution >= 0.6 is 27.5 Å². The first-order chi connectivity index (χ1) is 9.00. The van der Waals surface area contributed by atoms with Crippen LogP contribution in [0, 0.1) is 11.8 Å². The molecule has 0 radical (unpaired) electrons. The monoisotopic (exact) mass is 343 g/mol. The van der Waals surface area contributed by atoms with Crippen LogP contribution in [-0.2, 0) is 0 Å². The Morgan fingerprint density at radius 3 is 2.58 bits per heavy atom. The van der Waals surface area contributed by atoms with E-state index in [1.807, 2.05) is 17.0 Å². The number of nitrogens with zero attached hydrogens (tertiary/aromatic N) is 1. The van der Waals surface area contributed by atoms with Crippen LogP contribution in [0.1, 0.15) is 37.0 Å². The number of hydrogen-bond donors (Lipinski definition) is 0. The van der Waals surface area contributed by atoms with Crippen molar-refractivity contribution in [1.82, 2.24) is 4.90 Å². The molecule has 1 heterocycles. The van der Waals surface area contributed by atoms with Gasteiger partial charge in [0.15, 0.2) is 0 Å². The molecule has 0 bridgehead atoms. The lowest BCUT2D eigenvalue weighted by atomic mass is 9.86. The van der Waals surface area contributed by atoms with E-state index in [0.717, 1.165) is 36.3 Å². The predicted octanol–water partition coefficient (Wildman–Crippen LogP) is 4.61. The summed E-state index contributed by atoms with van der Waals surface area (Å²) in [5, 5.41) is 0.512. The summed E-state index contributed by atoms with van der Waals surface area (Å²) in [5.41, 5.74) is 0.596. The fraction of sp³-hybridized carbons (Fsp3) is 0.533. The van der Waals surface area contributed by atoms with E-state index in [1.165, 1.54) is 0 Å². The van der Waals surface area contributed by atoms with Crippen LogP contribution in [0.25, 0.3) is 0 Å². The normalized spacial score (nSPS) is 17.0. The number of benzene rings is 1. The molecule has 0 unspecified atom stereocenters. The standard InChI is InChI=1S/C15H19BrClNO/c1-10(2)11-6-8-18(9-7-11)15(19)12-4-3-5-13(16)14(12)17/h3-5,10-11H,6-9H2,1-2H3. The van der Waals surface area contributed by atoms with Gasteiger partial charge in [0, 0.05) is 17.6 Å². The van der Waals surface area contributed by atoms with E-state index in [4.69, 9.17) is 11.6 Å². The van der Waals surface area contributed by atoms with E-state index < -0.39 is 0 Å². The average molecular weight is 345 g/mol. The second kappa shape index (κ2) is 6.27. The molecule has 0 saturated carbocycles. The minimum atomic E-state index is 0.0495. The van der Waals surface area contributed by atoms with E-state index in [1.54, 1.807) is 6.07 Å². The highest BCUT2D eigenvalue weighted by Gasteiger charge is 2.26. The van der Waals surface area contributed by atoms with Crippen molar-refractivity contribution in [2.75, 3.05) is 13.1 Å². The van der Waals surface area contributed by atoms with E-state index in [2.05, 4.69) is 29.8 Å². The van der Waals surface area contributed by atoms with Crippen LogP contribution in [0.5, 0.6) is 0 Å². The number of piperidine rings is 1. The minimum Gasteiger partial charge on any atom is -0.339 e. The van der Waals surface area contributed by atoms with Crippen LogP contribution in [0.3, 0.4) is 0 Å². The second-order valence-corrected chi connectivity index (χ2v) is 6.71. The van der Waals surface area contributed by atoms with Gasteiger partial charge in [0.05, 0.1) is 10.6 Å². The third-order valence-corrected chi connectivity index (χ3v) is 5.25. The van der Waals surface area contributed by atoms with E-state index in [0.29, 0.717) is 16.5 Å². The van der Waals surface area contributed by atoms with Crippen molar-refractivity contribution in [2.24, 2.45) is 11.8 Å². The molecule has 104 valence electrons. The van der Waals surface area contributed by atoms with E-state index in [9.17, 15) is 4.79 Å². The lowest BCUT2D eigenvalue weighted by molar-refractivity contribution is 0.0668. The zero-order valence-corrected chi connectivity index (χ0v) is 13.7. The number of likely N-dealkylation sites (tertiary alicyclic amines) is 1. The van der Waals surface area contributed by atoms with Gasteiger partial charge in [-0.05, 0) is 52.7 Å². The SMILES string of the molecule is CC(C)C1CCN(C(=O)c2cccc(Br)c2Cl)CC1.